The van der Waals surface area contributed by atoms with Gasteiger partial charge in [-0.05, 0) is 44.4 Å². The average Bonchev–Trinajstić information content (AvgIpc) is 2.25. The Morgan fingerprint density at radius 2 is 2.05 bits per heavy atom. The number of carbonyl (C=O) groups excluding carboxylic acids is 1. The van der Waals surface area contributed by atoms with Crippen LogP contribution in [0.25, 0.3) is 0 Å². The molecule has 1 amide bonds. The van der Waals surface area contributed by atoms with Gasteiger partial charge in [0.25, 0.3) is 5.91 Å². The lowest BCUT2D eigenvalue weighted by molar-refractivity contribution is 0.0903. The van der Waals surface area contributed by atoms with Crippen molar-refractivity contribution in [1.82, 2.24) is 5.32 Å². The van der Waals surface area contributed by atoms with Gasteiger partial charge in [-0.15, -0.1) is 0 Å². The minimum absolute atomic E-state index is 0.145. The summed E-state index contributed by atoms with van der Waals surface area (Å²) in [7, 11) is 0. The number of hydrogen-bond acceptors (Lipinski definition) is 2. The van der Waals surface area contributed by atoms with Crippen LogP contribution in [0.3, 0.4) is 0 Å². The fourth-order valence-corrected chi connectivity index (χ4v) is 2.24. The predicted octanol–water partition coefficient (Wildman–Crippen LogP) is 3.25. The molecule has 0 spiro atoms. The first-order valence-corrected chi connectivity index (χ1v) is 6.27. The third-order valence-electron chi connectivity index (χ3n) is 2.66. The van der Waals surface area contributed by atoms with E-state index in [4.69, 9.17) is 5.26 Å². The van der Waals surface area contributed by atoms with Gasteiger partial charge in [-0.2, -0.15) is 5.26 Å². The highest BCUT2D eigenvalue weighted by molar-refractivity contribution is 5.95. The van der Waals surface area contributed by atoms with Gasteiger partial charge in [-0.3, -0.25) is 4.79 Å². The van der Waals surface area contributed by atoms with Gasteiger partial charge in [0.15, 0.2) is 0 Å². The first kappa shape index (κ1) is 15.2. The summed E-state index contributed by atoms with van der Waals surface area (Å²) in [5.74, 6) is -0.495. The van der Waals surface area contributed by atoms with Crippen molar-refractivity contribution in [1.29, 1.82) is 5.26 Å². The number of benzene rings is 1. The molecule has 19 heavy (non-hydrogen) atoms. The Balaban J connectivity index is 2.90. The molecule has 1 aromatic carbocycles. The van der Waals surface area contributed by atoms with E-state index >= 15 is 0 Å². The zero-order valence-corrected chi connectivity index (χ0v) is 11.7. The van der Waals surface area contributed by atoms with E-state index < -0.39 is 5.82 Å². The van der Waals surface area contributed by atoms with Crippen molar-refractivity contribution in [2.75, 3.05) is 0 Å². The van der Waals surface area contributed by atoms with E-state index in [1.54, 1.807) is 0 Å². The molecule has 0 unspecified atom stereocenters. The number of nitrogens with zero attached hydrogens (tertiary/aromatic N) is 1. The number of amides is 1. The SMILES string of the molecule is CC(C)CC(C)(C)NC(=O)c1cc(F)cc(C#N)c1. The Bertz CT molecular complexity index is 515. The van der Waals surface area contributed by atoms with Crippen LogP contribution in [0.1, 0.15) is 50.0 Å². The molecular formula is C15H19FN2O. The number of rotatable bonds is 4. The Morgan fingerprint density at radius 1 is 1.42 bits per heavy atom. The Hall–Kier alpha value is -1.89. The van der Waals surface area contributed by atoms with Gasteiger partial charge in [0.1, 0.15) is 5.82 Å². The second kappa shape index (κ2) is 5.83. The summed E-state index contributed by atoms with van der Waals surface area (Å²) in [5, 5.41) is 11.6. The van der Waals surface area contributed by atoms with Crippen molar-refractivity contribution >= 4 is 5.91 Å². The van der Waals surface area contributed by atoms with Crippen LogP contribution in [0.2, 0.25) is 0 Å². The minimum Gasteiger partial charge on any atom is -0.347 e. The van der Waals surface area contributed by atoms with Gasteiger partial charge in [0.05, 0.1) is 11.6 Å². The van der Waals surface area contributed by atoms with Crippen molar-refractivity contribution in [3.63, 3.8) is 0 Å². The van der Waals surface area contributed by atoms with Crippen molar-refractivity contribution in [3.05, 3.63) is 35.1 Å². The molecule has 0 atom stereocenters. The summed E-state index contributed by atoms with van der Waals surface area (Å²) in [6.07, 6.45) is 0.819. The maximum atomic E-state index is 13.3. The molecule has 1 N–H and O–H groups in total. The van der Waals surface area contributed by atoms with Crippen LogP contribution >= 0.6 is 0 Å². The van der Waals surface area contributed by atoms with Crippen molar-refractivity contribution < 1.29 is 9.18 Å². The number of nitriles is 1. The van der Waals surface area contributed by atoms with Crippen LogP contribution in [0.4, 0.5) is 4.39 Å². The summed E-state index contributed by atoms with van der Waals surface area (Å²) in [4.78, 5) is 12.1. The van der Waals surface area contributed by atoms with Crippen LogP contribution in [0.15, 0.2) is 18.2 Å². The van der Waals surface area contributed by atoms with Crippen molar-refractivity contribution in [2.45, 2.75) is 39.7 Å². The fraction of sp³-hybridized carbons (Fsp3) is 0.467. The second-order valence-corrected chi connectivity index (χ2v) is 5.78. The quantitative estimate of drug-likeness (QED) is 0.905. The lowest BCUT2D eigenvalue weighted by Gasteiger charge is -2.28. The van der Waals surface area contributed by atoms with Crippen molar-refractivity contribution in [2.24, 2.45) is 5.92 Å². The molecule has 0 aliphatic rings. The highest BCUT2D eigenvalue weighted by Crippen LogP contribution is 2.17. The maximum Gasteiger partial charge on any atom is 0.251 e. The maximum absolute atomic E-state index is 13.3. The van der Waals surface area contributed by atoms with Crippen LogP contribution < -0.4 is 5.32 Å². The lowest BCUT2D eigenvalue weighted by Crippen LogP contribution is -2.44. The smallest absolute Gasteiger partial charge is 0.251 e. The summed E-state index contributed by atoms with van der Waals surface area (Å²) >= 11 is 0. The molecule has 3 nitrogen and oxygen atoms in total. The molecule has 0 bridgehead atoms. The van der Waals surface area contributed by atoms with E-state index in [0.717, 1.165) is 18.6 Å². The first-order valence-electron chi connectivity index (χ1n) is 6.27. The highest BCUT2D eigenvalue weighted by atomic mass is 19.1. The molecule has 0 aliphatic heterocycles. The lowest BCUT2D eigenvalue weighted by atomic mass is 9.92. The Labute approximate surface area is 113 Å². The number of nitrogens with one attached hydrogen (secondary N) is 1. The van der Waals surface area contributed by atoms with Gasteiger partial charge in [0.2, 0.25) is 0 Å². The molecule has 0 heterocycles. The Kier molecular flexibility index (Phi) is 4.66. The molecule has 0 aromatic heterocycles. The summed E-state index contributed by atoms with van der Waals surface area (Å²) < 4.78 is 13.3. The van der Waals surface area contributed by atoms with Gasteiger partial charge < -0.3 is 5.32 Å². The fourth-order valence-electron chi connectivity index (χ4n) is 2.24. The molecule has 0 saturated carbocycles. The highest BCUT2D eigenvalue weighted by Gasteiger charge is 2.22. The number of halogens is 1. The third-order valence-corrected chi connectivity index (χ3v) is 2.66. The molecule has 0 fully saturated rings. The first-order chi connectivity index (χ1) is 8.73. The monoisotopic (exact) mass is 262 g/mol. The van der Waals surface area contributed by atoms with Crippen LogP contribution in [-0.4, -0.2) is 11.4 Å². The number of hydrogen-bond donors (Lipinski definition) is 1. The van der Waals surface area contributed by atoms with E-state index in [9.17, 15) is 9.18 Å². The summed E-state index contributed by atoms with van der Waals surface area (Å²) in [5.41, 5.74) is -0.0510. The van der Waals surface area contributed by atoms with Crippen molar-refractivity contribution in [3.8, 4) is 6.07 Å². The van der Waals surface area contributed by atoms with Crippen LogP contribution in [0, 0.1) is 23.1 Å². The van der Waals surface area contributed by atoms with Gasteiger partial charge in [-0.1, -0.05) is 13.8 Å². The molecule has 0 radical (unpaired) electrons. The molecular weight excluding hydrogens is 243 g/mol. The zero-order valence-electron chi connectivity index (χ0n) is 11.7. The Morgan fingerprint density at radius 3 is 2.58 bits per heavy atom. The van der Waals surface area contributed by atoms with Gasteiger partial charge in [0, 0.05) is 11.1 Å². The standard InChI is InChI=1S/C15H19FN2O/c1-10(2)8-15(3,4)18-14(19)12-5-11(9-17)6-13(16)7-12/h5-7,10H,8H2,1-4H3,(H,18,19). The normalized spacial score (nSPS) is 11.2. The molecule has 1 aromatic rings. The summed E-state index contributed by atoms with van der Waals surface area (Å²) in [6, 6.07) is 5.48. The minimum atomic E-state index is -0.578. The third kappa shape index (κ3) is 4.70. The van der Waals surface area contributed by atoms with E-state index in [1.807, 2.05) is 19.9 Å². The molecule has 4 heteroatoms. The van der Waals surface area contributed by atoms with Crippen LogP contribution in [-0.2, 0) is 0 Å². The zero-order chi connectivity index (χ0) is 14.6. The summed E-state index contributed by atoms with van der Waals surface area (Å²) in [6.45, 7) is 8.00. The molecule has 1 rings (SSSR count). The average molecular weight is 262 g/mol. The van der Waals surface area contributed by atoms with Gasteiger partial charge >= 0.3 is 0 Å². The van der Waals surface area contributed by atoms with E-state index in [1.165, 1.54) is 6.07 Å². The van der Waals surface area contributed by atoms with E-state index in [0.29, 0.717) is 5.92 Å². The van der Waals surface area contributed by atoms with Crippen LogP contribution in [0.5, 0.6) is 0 Å². The van der Waals surface area contributed by atoms with E-state index in [2.05, 4.69) is 19.2 Å². The number of carbonyl (C=O) groups is 1. The van der Waals surface area contributed by atoms with E-state index in [-0.39, 0.29) is 22.6 Å². The second-order valence-electron chi connectivity index (χ2n) is 5.78. The largest absolute Gasteiger partial charge is 0.347 e. The molecule has 0 aliphatic carbocycles. The van der Waals surface area contributed by atoms with Gasteiger partial charge in [-0.25, -0.2) is 4.39 Å². The molecule has 0 saturated heterocycles. The molecule has 102 valence electrons. The predicted molar refractivity (Wildman–Crippen MR) is 72.1 cm³/mol. The topological polar surface area (TPSA) is 52.9 Å².